The maximum absolute atomic E-state index is 12.7. The molecule has 0 spiro atoms. The quantitative estimate of drug-likeness (QED) is 0.759. The van der Waals surface area contributed by atoms with Crippen LogP contribution in [0.5, 0.6) is 0 Å². The molecule has 0 fully saturated rings. The molecule has 2 N–H and O–H groups in total. The zero-order chi connectivity index (χ0) is 13.2. The van der Waals surface area contributed by atoms with Crippen molar-refractivity contribution in [3.05, 3.63) is 42.2 Å². The van der Waals surface area contributed by atoms with Gasteiger partial charge in [0.15, 0.2) is 11.6 Å². The molecule has 0 atom stereocenters. The average Bonchev–Trinajstić information content (AvgIpc) is 3.06. The summed E-state index contributed by atoms with van der Waals surface area (Å²) in [5.74, 6) is 0.535. The van der Waals surface area contributed by atoms with E-state index in [0.717, 1.165) is 0 Å². The summed E-state index contributed by atoms with van der Waals surface area (Å²) in [5.41, 5.74) is 1.04. The number of H-pyrrole nitrogens is 1. The van der Waals surface area contributed by atoms with Gasteiger partial charge in [0.1, 0.15) is 11.3 Å². The van der Waals surface area contributed by atoms with Gasteiger partial charge in [-0.15, -0.1) is 0 Å². The highest BCUT2D eigenvalue weighted by molar-refractivity contribution is 5.85. The number of aromatic nitrogens is 3. The molecular weight excluding hydrogens is 254 g/mol. The van der Waals surface area contributed by atoms with Gasteiger partial charge in [0.2, 0.25) is 0 Å². The maximum atomic E-state index is 12.7. The number of nitrogens with one attached hydrogen (secondary N) is 2. The van der Waals surface area contributed by atoms with Gasteiger partial charge >= 0.3 is 0 Å². The Kier molecular flexibility index (Phi) is 2.86. The summed E-state index contributed by atoms with van der Waals surface area (Å²) in [7, 11) is 0. The van der Waals surface area contributed by atoms with Crippen molar-refractivity contribution in [3.8, 4) is 0 Å². The molecule has 0 bridgehead atoms. The van der Waals surface area contributed by atoms with Gasteiger partial charge in [-0.1, -0.05) is 0 Å². The van der Waals surface area contributed by atoms with E-state index in [-0.39, 0.29) is 0 Å². The summed E-state index contributed by atoms with van der Waals surface area (Å²) in [6, 6.07) is 5.17. The molecule has 19 heavy (non-hydrogen) atoms. The number of furan rings is 1. The Morgan fingerprint density at radius 2 is 2.21 bits per heavy atom. The molecule has 0 aliphatic heterocycles. The summed E-state index contributed by atoms with van der Waals surface area (Å²) in [6.07, 6.45) is 0.474. The number of rotatable bonds is 4. The largest absolute Gasteiger partial charge is 0.467 e. The number of hydrogen-bond donors (Lipinski definition) is 2. The molecule has 0 saturated carbocycles. The minimum atomic E-state index is -2.71. The van der Waals surface area contributed by atoms with Crippen LogP contribution in [0.2, 0.25) is 0 Å². The van der Waals surface area contributed by atoms with E-state index in [1.807, 2.05) is 0 Å². The van der Waals surface area contributed by atoms with Crippen LogP contribution in [0.25, 0.3) is 11.0 Å². The standard InChI is InChI=1S/C12H10F2N4O/c13-10(14)12-17-8-3-4-15-9(8)11(18-12)16-6-7-2-1-5-19-7/h1-5,10,15H,6H2,(H,16,17,18). The Balaban J connectivity index is 1.94. The third-order valence-electron chi connectivity index (χ3n) is 2.63. The molecule has 0 amide bonds. The highest BCUT2D eigenvalue weighted by atomic mass is 19.3. The number of fused-ring (bicyclic) bond motifs is 1. The molecule has 98 valence electrons. The van der Waals surface area contributed by atoms with Crippen molar-refractivity contribution in [1.82, 2.24) is 15.0 Å². The molecule has 0 unspecified atom stereocenters. The second-order valence-corrected chi connectivity index (χ2v) is 3.90. The summed E-state index contributed by atoms with van der Waals surface area (Å²) in [6.45, 7) is 0.362. The maximum Gasteiger partial charge on any atom is 0.297 e. The topological polar surface area (TPSA) is 66.7 Å². The summed E-state index contributed by atoms with van der Waals surface area (Å²) >= 11 is 0. The fraction of sp³-hybridized carbons (Fsp3) is 0.167. The second-order valence-electron chi connectivity index (χ2n) is 3.90. The number of hydrogen-bond acceptors (Lipinski definition) is 4. The Hall–Kier alpha value is -2.44. The van der Waals surface area contributed by atoms with Crippen LogP contribution in [0.15, 0.2) is 35.1 Å². The van der Waals surface area contributed by atoms with E-state index in [9.17, 15) is 8.78 Å². The monoisotopic (exact) mass is 264 g/mol. The molecule has 0 aliphatic rings. The van der Waals surface area contributed by atoms with Crippen LogP contribution in [0, 0.1) is 0 Å². The Bertz CT molecular complexity index is 678. The van der Waals surface area contributed by atoms with E-state index in [2.05, 4.69) is 20.3 Å². The molecular formula is C12H10F2N4O. The van der Waals surface area contributed by atoms with Crippen molar-refractivity contribution in [2.24, 2.45) is 0 Å². The molecule has 0 aromatic carbocycles. The van der Waals surface area contributed by atoms with Crippen molar-refractivity contribution in [3.63, 3.8) is 0 Å². The third kappa shape index (κ3) is 2.26. The average molecular weight is 264 g/mol. The van der Waals surface area contributed by atoms with Gasteiger partial charge in [0, 0.05) is 6.20 Å². The lowest BCUT2D eigenvalue weighted by Crippen LogP contribution is -2.05. The highest BCUT2D eigenvalue weighted by Gasteiger charge is 2.15. The fourth-order valence-corrected chi connectivity index (χ4v) is 1.77. The Morgan fingerprint density at radius 1 is 1.32 bits per heavy atom. The fourth-order valence-electron chi connectivity index (χ4n) is 1.77. The lowest BCUT2D eigenvalue weighted by Gasteiger charge is -2.07. The van der Waals surface area contributed by atoms with E-state index in [1.165, 1.54) is 0 Å². The first-order valence-electron chi connectivity index (χ1n) is 5.63. The van der Waals surface area contributed by atoms with Gasteiger partial charge in [0.05, 0.1) is 18.3 Å². The summed E-state index contributed by atoms with van der Waals surface area (Å²) in [5, 5.41) is 2.96. The zero-order valence-corrected chi connectivity index (χ0v) is 9.73. The molecule has 0 aliphatic carbocycles. The first-order valence-corrected chi connectivity index (χ1v) is 5.63. The van der Waals surface area contributed by atoms with E-state index in [0.29, 0.717) is 29.2 Å². The number of aromatic amines is 1. The van der Waals surface area contributed by atoms with Crippen molar-refractivity contribution in [2.75, 3.05) is 5.32 Å². The van der Waals surface area contributed by atoms with E-state index in [4.69, 9.17) is 4.42 Å². The Morgan fingerprint density at radius 3 is 2.95 bits per heavy atom. The van der Waals surface area contributed by atoms with Gasteiger partial charge < -0.3 is 14.7 Å². The predicted octanol–water partition coefficient (Wildman–Crippen LogP) is 3.10. The molecule has 3 aromatic heterocycles. The number of nitrogens with zero attached hydrogens (tertiary/aromatic N) is 2. The van der Waals surface area contributed by atoms with E-state index in [1.54, 1.807) is 30.7 Å². The molecule has 0 saturated heterocycles. The smallest absolute Gasteiger partial charge is 0.297 e. The van der Waals surface area contributed by atoms with Crippen LogP contribution in [-0.4, -0.2) is 15.0 Å². The van der Waals surface area contributed by atoms with Crippen LogP contribution >= 0.6 is 0 Å². The Labute approximate surface area is 106 Å². The molecule has 3 rings (SSSR count). The number of halogens is 2. The van der Waals surface area contributed by atoms with Gasteiger partial charge in [-0.3, -0.25) is 0 Å². The molecule has 3 heterocycles. The van der Waals surface area contributed by atoms with Crippen molar-refractivity contribution < 1.29 is 13.2 Å². The normalized spacial score (nSPS) is 11.3. The minimum absolute atomic E-state index is 0.335. The van der Waals surface area contributed by atoms with Crippen molar-refractivity contribution >= 4 is 16.9 Å². The van der Waals surface area contributed by atoms with Gasteiger partial charge in [0.25, 0.3) is 6.43 Å². The van der Waals surface area contributed by atoms with Crippen LogP contribution in [-0.2, 0) is 6.54 Å². The number of anilines is 1. The third-order valence-corrected chi connectivity index (χ3v) is 2.63. The lowest BCUT2D eigenvalue weighted by molar-refractivity contribution is 0.141. The van der Waals surface area contributed by atoms with Crippen LogP contribution in [0.1, 0.15) is 18.0 Å². The molecule has 0 radical (unpaired) electrons. The van der Waals surface area contributed by atoms with Crippen LogP contribution in [0.4, 0.5) is 14.6 Å². The lowest BCUT2D eigenvalue weighted by atomic mass is 10.4. The van der Waals surface area contributed by atoms with E-state index >= 15 is 0 Å². The summed E-state index contributed by atoms with van der Waals surface area (Å²) in [4.78, 5) is 10.5. The first-order chi connectivity index (χ1) is 9.24. The SMILES string of the molecule is FC(F)c1nc(NCc2ccco2)c2[nH]ccc2n1. The zero-order valence-electron chi connectivity index (χ0n) is 9.73. The van der Waals surface area contributed by atoms with Gasteiger partial charge in [-0.05, 0) is 18.2 Å². The summed E-state index contributed by atoms with van der Waals surface area (Å²) < 4.78 is 30.6. The molecule has 5 nitrogen and oxygen atoms in total. The van der Waals surface area contributed by atoms with Crippen LogP contribution < -0.4 is 5.32 Å². The predicted molar refractivity (Wildman–Crippen MR) is 64.9 cm³/mol. The minimum Gasteiger partial charge on any atom is -0.467 e. The highest BCUT2D eigenvalue weighted by Crippen LogP contribution is 2.23. The van der Waals surface area contributed by atoms with E-state index < -0.39 is 12.2 Å². The number of alkyl halides is 2. The van der Waals surface area contributed by atoms with Crippen LogP contribution in [0.3, 0.4) is 0 Å². The molecule has 7 heteroatoms. The van der Waals surface area contributed by atoms with Gasteiger partial charge in [-0.2, -0.15) is 0 Å². The second kappa shape index (κ2) is 4.68. The first kappa shape index (κ1) is 11.6. The van der Waals surface area contributed by atoms with Gasteiger partial charge in [-0.25, -0.2) is 18.7 Å². The van der Waals surface area contributed by atoms with Crippen molar-refractivity contribution in [2.45, 2.75) is 13.0 Å². The van der Waals surface area contributed by atoms with Crippen molar-refractivity contribution in [1.29, 1.82) is 0 Å². The molecule has 3 aromatic rings.